The maximum atomic E-state index is 5.63. The Morgan fingerprint density at radius 1 is 1.35 bits per heavy atom. The lowest BCUT2D eigenvalue weighted by Crippen LogP contribution is -2.13. The summed E-state index contributed by atoms with van der Waals surface area (Å²) in [6, 6.07) is 7.88. The highest BCUT2D eigenvalue weighted by atomic mass is 79.9. The first-order chi connectivity index (χ1) is 12.6. The van der Waals surface area contributed by atoms with Crippen molar-refractivity contribution in [2.45, 2.75) is 26.3 Å². The number of anilines is 3. The zero-order valence-electron chi connectivity index (χ0n) is 15.0. The predicted octanol–water partition coefficient (Wildman–Crippen LogP) is 4.24. The molecule has 1 fully saturated rings. The molecule has 136 valence electrons. The zero-order chi connectivity index (χ0) is 18.5. The molecule has 1 aromatic heterocycles. The second-order valence-electron chi connectivity index (χ2n) is 6.31. The van der Waals surface area contributed by atoms with Crippen molar-refractivity contribution in [1.29, 1.82) is 0 Å². The van der Waals surface area contributed by atoms with Gasteiger partial charge < -0.3 is 16.4 Å². The number of nitrogens with two attached hydrogens (primary N) is 1. The second-order valence-corrected chi connectivity index (χ2v) is 7.17. The van der Waals surface area contributed by atoms with E-state index in [2.05, 4.69) is 54.5 Å². The van der Waals surface area contributed by atoms with E-state index in [0.29, 0.717) is 24.2 Å². The van der Waals surface area contributed by atoms with Crippen molar-refractivity contribution in [3.8, 4) is 0 Å². The van der Waals surface area contributed by atoms with Gasteiger partial charge in [0.25, 0.3) is 0 Å². The topological polar surface area (TPSA) is 88.2 Å². The van der Waals surface area contributed by atoms with Gasteiger partial charge in [0.05, 0.1) is 4.47 Å². The fraction of sp³-hybridized carbons (Fsp3) is 0.316. The Kier molecular flexibility index (Phi) is 6.00. The lowest BCUT2D eigenvalue weighted by molar-refractivity contribution is 1.01. The van der Waals surface area contributed by atoms with Gasteiger partial charge in [-0.05, 0) is 65.4 Å². The van der Waals surface area contributed by atoms with Crippen LogP contribution in [0.25, 0.3) is 0 Å². The van der Waals surface area contributed by atoms with Crippen LogP contribution in [-0.4, -0.2) is 22.9 Å². The highest BCUT2D eigenvalue weighted by Crippen LogP contribution is 2.36. The van der Waals surface area contributed by atoms with Crippen LogP contribution in [-0.2, 0) is 6.54 Å². The van der Waals surface area contributed by atoms with E-state index < -0.39 is 0 Å². The van der Waals surface area contributed by atoms with E-state index in [9.17, 15) is 0 Å². The summed E-state index contributed by atoms with van der Waals surface area (Å²) in [6.45, 7) is 2.67. The van der Waals surface area contributed by atoms with E-state index in [4.69, 9.17) is 5.73 Å². The second kappa shape index (κ2) is 8.42. The zero-order valence-corrected chi connectivity index (χ0v) is 16.5. The molecule has 0 amide bonds. The van der Waals surface area contributed by atoms with Crippen molar-refractivity contribution in [3.63, 3.8) is 0 Å². The molecule has 1 aliphatic rings. The van der Waals surface area contributed by atoms with E-state index in [0.717, 1.165) is 21.6 Å². The SMILES string of the molecule is CN=C(/C=C(\C)C1CC1)Nc1nc(Nc2ccc(CN)cc2)ncc1Br. The van der Waals surface area contributed by atoms with Gasteiger partial charge in [-0.1, -0.05) is 17.7 Å². The third kappa shape index (κ3) is 4.89. The number of nitrogens with one attached hydrogen (secondary N) is 2. The van der Waals surface area contributed by atoms with Crippen LogP contribution < -0.4 is 16.4 Å². The number of allylic oxidation sites excluding steroid dienone is 1. The van der Waals surface area contributed by atoms with Crippen LogP contribution in [0.2, 0.25) is 0 Å². The average Bonchev–Trinajstić information content (AvgIpc) is 3.49. The molecule has 4 N–H and O–H groups in total. The molecule has 0 radical (unpaired) electrons. The molecule has 3 rings (SSSR count). The van der Waals surface area contributed by atoms with Gasteiger partial charge >= 0.3 is 0 Å². The molecule has 1 aliphatic carbocycles. The molecule has 0 saturated heterocycles. The first-order valence-electron chi connectivity index (χ1n) is 8.59. The van der Waals surface area contributed by atoms with Crippen LogP contribution >= 0.6 is 15.9 Å². The molecule has 1 heterocycles. The number of nitrogens with zero attached hydrogens (tertiary/aromatic N) is 3. The molecule has 1 aromatic carbocycles. The lowest BCUT2D eigenvalue weighted by Gasteiger charge is -2.11. The van der Waals surface area contributed by atoms with Gasteiger partial charge in [0.2, 0.25) is 5.95 Å². The number of benzene rings is 1. The van der Waals surface area contributed by atoms with Crippen LogP contribution in [0.15, 0.2) is 51.6 Å². The summed E-state index contributed by atoms with van der Waals surface area (Å²) in [5, 5.41) is 6.48. The van der Waals surface area contributed by atoms with Crippen LogP contribution in [0.3, 0.4) is 0 Å². The molecule has 0 spiro atoms. The van der Waals surface area contributed by atoms with Gasteiger partial charge in [-0.15, -0.1) is 0 Å². The molecular formula is C19H23BrN6. The normalized spacial score (nSPS) is 15.1. The standard InChI is InChI=1S/C19H23BrN6/c1-12(14-5-6-14)9-17(22-2)25-18-16(20)11-23-19(26-18)24-15-7-3-13(10-21)4-8-15/h3-4,7-9,11,14H,5-6,10,21H2,1-2H3,(H2,22,23,24,25,26)/b12-9+. The molecule has 0 unspecified atom stereocenters. The van der Waals surface area contributed by atoms with E-state index in [1.54, 1.807) is 13.2 Å². The minimum Gasteiger partial charge on any atom is -0.326 e. The van der Waals surface area contributed by atoms with E-state index >= 15 is 0 Å². The molecule has 6 nitrogen and oxygen atoms in total. The third-order valence-corrected chi connectivity index (χ3v) is 4.84. The quantitative estimate of drug-likeness (QED) is 0.485. The molecule has 0 atom stereocenters. The average molecular weight is 415 g/mol. The van der Waals surface area contributed by atoms with Crippen molar-refractivity contribution in [3.05, 3.63) is 52.1 Å². The van der Waals surface area contributed by atoms with Crippen molar-refractivity contribution in [1.82, 2.24) is 9.97 Å². The first-order valence-corrected chi connectivity index (χ1v) is 9.39. The Labute approximate surface area is 162 Å². The summed E-state index contributed by atoms with van der Waals surface area (Å²) in [5.74, 6) is 2.67. The van der Waals surface area contributed by atoms with Gasteiger partial charge in [0.15, 0.2) is 5.82 Å². The van der Waals surface area contributed by atoms with Crippen molar-refractivity contribution in [2.24, 2.45) is 16.6 Å². The summed E-state index contributed by atoms with van der Waals surface area (Å²) < 4.78 is 0.778. The molecule has 1 saturated carbocycles. The van der Waals surface area contributed by atoms with Gasteiger partial charge in [0, 0.05) is 25.5 Å². The van der Waals surface area contributed by atoms with Crippen molar-refractivity contribution < 1.29 is 0 Å². The number of aromatic nitrogens is 2. The predicted molar refractivity (Wildman–Crippen MR) is 111 cm³/mol. The minimum atomic E-state index is 0.509. The van der Waals surface area contributed by atoms with Crippen LogP contribution in [0.4, 0.5) is 17.5 Å². The fourth-order valence-electron chi connectivity index (χ4n) is 2.52. The summed E-state index contributed by atoms with van der Waals surface area (Å²) in [5.41, 5.74) is 8.97. The van der Waals surface area contributed by atoms with Crippen LogP contribution in [0, 0.1) is 5.92 Å². The Balaban J connectivity index is 1.75. The van der Waals surface area contributed by atoms with Gasteiger partial charge in [0.1, 0.15) is 5.84 Å². The Hall–Kier alpha value is -2.25. The van der Waals surface area contributed by atoms with Crippen LogP contribution in [0.1, 0.15) is 25.3 Å². The molecule has 7 heteroatoms. The molecule has 2 aromatic rings. The largest absolute Gasteiger partial charge is 0.326 e. The summed E-state index contributed by atoms with van der Waals surface area (Å²) in [4.78, 5) is 13.2. The maximum absolute atomic E-state index is 5.63. The summed E-state index contributed by atoms with van der Waals surface area (Å²) >= 11 is 3.50. The number of hydrogen-bond acceptors (Lipinski definition) is 5. The molecule has 0 aliphatic heterocycles. The van der Waals surface area contributed by atoms with Gasteiger partial charge in [-0.2, -0.15) is 4.98 Å². The number of amidine groups is 1. The summed E-state index contributed by atoms with van der Waals surface area (Å²) in [7, 11) is 1.77. The van der Waals surface area contributed by atoms with E-state index in [-0.39, 0.29) is 0 Å². The third-order valence-electron chi connectivity index (χ3n) is 4.26. The smallest absolute Gasteiger partial charge is 0.229 e. The number of hydrogen-bond donors (Lipinski definition) is 3. The Bertz CT molecular complexity index is 824. The molecule has 0 bridgehead atoms. The first kappa shape index (κ1) is 18.5. The van der Waals surface area contributed by atoms with E-state index in [1.807, 2.05) is 24.3 Å². The lowest BCUT2D eigenvalue weighted by atomic mass is 10.2. The number of aliphatic imine (C=N–C) groups is 1. The van der Waals surface area contributed by atoms with Crippen molar-refractivity contribution in [2.75, 3.05) is 17.7 Å². The fourth-order valence-corrected chi connectivity index (χ4v) is 2.81. The monoisotopic (exact) mass is 414 g/mol. The van der Waals surface area contributed by atoms with Crippen molar-refractivity contribution >= 4 is 39.2 Å². The highest BCUT2D eigenvalue weighted by molar-refractivity contribution is 9.10. The summed E-state index contributed by atoms with van der Waals surface area (Å²) in [6.07, 6.45) is 6.35. The highest BCUT2D eigenvalue weighted by Gasteiger charge is 2.23. The minimum absolute atomic E-state index is 0.509. The van der Waals surface area contributed by atoms with Crippen LogP contribution in [0.5, 0.6) is 0 Å². The maximum Gasteiger partial charge on any atom is 0.229 e. The van der Waals surface area contributed by atoms with E-state index in [1.165, 1.54) is 18.4 Å². The Morgan fingerprint density at radius 3 is 2.69 bits per heavy atom. The van der Waals surface area contributed by atoms with Gasteiger partial charge in [-0.3, -0.25) is 4.99 Å². The Morgan fingerprint density at radius 2 is 2.08 bits per heavy atom. The van der Waals surface area contributed by atoms with Gasteiger partial charge in [-0.25, -0.2) is 4.98 Å². The molecule has 26 heavy (non-hydrogen) atoms. The number of rotatable bonds is 6. The number of halogens is 1. The molecular weight excluding hydrogens is 392 g/mol.